The molecule has 0 aliphatic carbocycles. The second-order valence-corrected chi connectivity index (χ2v) is 6.98. The first-order valence-corrected chi connectivity index (χ1v) is 9.05. The third-order valence-corrected chi connectivity index (χ3v) is 4.84. The molecule has 2 N–H and O–H groups in total. The summed E-state index contributed by atoms with van der Waals surface area (Å²) in [5.74, 6) is 0.720. The normalized spacial score (nSPS) is 24.3. The molecule has 2 atom stereocenters. The van der Waals surface area contributed by atoms with Crippen molar-refractivity contribution in [2.45, 2.75) is 38.0 Å². The third-order valence-electron chi connectivity index (χ3n) is 4.84. The van der Waals surface area contributed by atoms with E-state index in [1.165, 1.54) is 19.5 Å². The average Bonchev–Trinajstić information content (AvgIpc) is 2.64. The van der Waals surface area contributed by atoms with Crippen molar-refractivity contribution in [1.82, 2.24) is 15.3 Å². The highest BCUT2D eigenvalue weighted by Crippen LogP contribution is 2.35. The molecule has 0 spiro atoms. The zero-order valence-corrected chi connectivity index (χ0v) is 15.4. The summed E-state index contributed by atoms with van der Waals surface area (Å²) in [4.78, 5) is 8.43. The maximum absolute atomic E-state index is 14.2. The van der Waals surface area contributed by atoms with Crippen LogP contribution in [-0.4, -0.2) is 48.5 Å². The monoisotopic (exact) mass is 374 g/mol. The lowest BCUT2D eigenvalue weighted by molar-refractivity contribution is -0.0137. The van der Waals surface area contributed by atoms with Gasteiger partial charge in [-0.2, -0.15) is 4.98 Å². The number of morpholine rings is 1. The summed E-state index contributed by atoms with van der Waals surface area (Å²) in [7, 11) is 1.52. The number of halogens is 1. The summed E-state index contributed by atoms with van der Waals surface area (Å²) >= 11 is 0. The minimum atomic E-state index is -0.357. The molecule has 0 amide bonds. The molecule has 2 aliphatic heterocycles. The number of piperidine rings is 1. The number of nitrogens with one attached hydrogen (secondary N) is 2. The molecule has 2 aromatic rings. The zero-order chi connectivity index (χ0) is 18.8. The van der Waals surface area contributed by atoms with Crippen molar-refractivity contribution in [2.75, 3.05) is 25.6 Å². The highest BCUT2D eigenvalue weighted by Gasteiger charge is 2.33. The summed E-state index contributed by atoms with van der Waals surface area (Å²) in [6.45, 7) is 3.22. The number of anilines is 2. The predicted molar refractivity (Wildman–Crippen MR) is 98.2 cm³/mol. The first-order valence-electron chi connectivity index (χ1n) is 9.05. The van der Waals surface area contributed by atoms with Crippen molar-refractivity contribution in [3.05, 3.63) is 35.9 Å². The fourth-order valence-corrected chi connectivity index (χ4v) is 3.60. The zero-order valence-electron chi connectivity index (χ0n) is 15.4. The van der Waals surface area contributed by atoms with Crippen molar-refractivity contribution in [2.24, 2.45) is 0 Å². The largest absolute Gasteiger partial charge is 0.489 e. The molecule has 2 unspecified atom stereocenters. The lowest BCUT2D eigenvalue weighted by Gasteiger charge is -2.39. The standard InChI is InChI=1S/C19H23FN4O3/c1-11-3-4-16(15(20)5-11)24-18-17(25-2)19(22-10-21-18)27-14-6-12-8-26-9-13(7-14)23-12/h3-5,10,12-14,23H,6-9H2,1-2H3,(H,21,22,24). The van der Waals surface area contributed by atoms with Gasteiger partial charge >= 0.3 is 0 Å². The molecule has 1 aromatic carbocycles. The molecular formula is C19H23FN4O3. The Morgan fingerprint density at radius 3 is 2.70 bits per heavy atom. The van der Waals surface area contributed by atoms with E-state index in [1.54, 1.807) is 6.07 Å². The number of fused-ring (bicyclic) bond motifs is 2. The number of nitrogens with zero attached hydrogens (tertiary/aromatic N) is 2. The van der Waals surface area contributed by atoms with E-state index in [0.717, 1.165) is 18.4 Å². The van der Waals surface area contributed by atoms with E-state index in [-0.39, 0.29) is 24.0 Å². The topological polar surface area (TPSA) is 77.5 Å². The highest BCUT2D eigenvalue weighted by atomic mass is 19.1. The Kier molecular flexibility index (Phi) is 5.09. The molecule has 27 heavy (non-hydrogen) atoms. The molecular weight excluding hydrogens is 351 g/mol. The third kappa shape index (κ3) is 3.96. The van der Waals surface area contributed by atoms with Crippen molar-refractivity contribution >= 4 is 11.5 Å². The number of benzene rings is 1. The molecule has 2 fully saturated rings. The SMILES string of the molecule is COc1c(Nc2ccc(C)cc2F)ncnc1OC1CC2COCC(C1)N2. The van der Waals surface area contributed by atoms with Crippen molar-refractivity contribution in [3.63, 3.8) is 0 Å². The summed E-state index contributed by atoms with van der Waals surface area (Å²) in [5.41, 5.74) is 1.16. The minimum absolute atomic E-state index is 0.0120. The van der Waals surface area contributed by atoms with Gasteiger partial charge in [0.1, 0.15) is 18.2 Å². The van der Waals surface area contributed by atoms with Crippen LogP contribution in [0, 0.1) is 12.7 Å². The Hall–Kier alpha value is -2.45. The Morgan fingerprint density at radius 1 is 1.22 bits per heavy atom. The van der Waals surface area contributed by atoms with E-state index in [9.17, 15) is 4.39 Å². The molecule has 8 heteroatoms. The van der Waals surface area contributed by atoms with Gasteiger partial charge in [0, 0.05) is 24.9 Å². The molecule has 4 rings (SSSR count). The Labute approximate surface area is 157 Å². The van der Waals surface area contributed by atoms with E-state index >= 15 is 0 Å². The Morgan fingerprint density at radius 2 is 2.00 bits per heavy atom. The predicted octanol–water partition coefficient (Wildman–Crippen LogP) is 2.57. The maximum Gasteiger partial charge on any atom is 0.262 e. The van der Waals surface area contributed by atoms with Gasteiger partial charge in [-0.25, -0.2) is 9.37 Å². The van der Waals surface area contributed by atoms with Gasteiger partial charge in [-0.15, -0.1) is 0 Å². The molecule has 7 nitrogen and oxygen atoms in total. The van der Waals surface area contributed by atoms with Crippen LogP contribution < -0.4 is 20.1 Å². The van der Waals surface area contributed by atoms with Crippen LogP contribution in [0.3, 0.4) is 0 Å². The molecule has 2 aliphatic rings. The second-order valence-electron chi connectivity index (χ2n) is 6.98. The molecule has 0 radical (unpaired) electrons. The maximum atomic E-state index is 14.2. The Bertz CT molecular complexity index is 808. The number of hydrogen-bond acceptors (Lipinski definition) is 7. The smallest absolute Gasteiger partial charge is 0.262 e. The molecule has 1 aromatic heterocycles. The number of aromatic nitrogens is 2. The van der Waals surface area contributed by atoms with Gasteiger partial charge in [0.25, 0.3) is 5.88 Å². The van der Waals surface area contributed by atoms with Gasteiger partial charge in [0.05, 0.1) is 26.0 Å². The van der Waals surface area contributed by atoms with Crippen LogP contribution in [-0.2, 0) is 4.74 Å². The molecule has 3 heterocycles. The van der Waals surface area contributed by atoms with E-state index in [2.05, 4.69) is 20.6 Å². The van der Waals surface area contributed by atoms with Gasteiger partial charge < -0.3 is 24.8 Å². The van der Waals surface area contributed by atoms with Crippen LogP contribution in [0.4, 0.5) is 15.9 Å². The van der Waals surface area contributed by atoms with Gasteiger partial charge in [-0.05, 0) is 24.6 Å². The Balaban J connectivity index is 1.54. The van der Waals surface area contributed by atoms with Crippen LogP contribution in [0.15, 0.2) is 24.5 Å². The average molecular weight is 374 g/mol. The van der Waals surface area contributed by atoms with Gasteiger partial charge in [-0.3, -0.25) is 0 Å². The summed E-state index contributed by atoms with van der Waals surface area (Å²) in [5, 5.41) is 6.50. The van der Waals surface area contributed by atoms with Crippen molar-refractivity contribution < 1.29 is 18.6 Å². The first-order chi connectivity index (χ1) is 13.1. The van der Waals surface area contributed by atoms with Crippen LogP contribution in [0.5, 0.6) is 11.6 Å². The fourth-order valence-electron chi connectivity index (χ4n) is 3.60. The van der Waals surface area contributed by atoms with E-state index in [0.29, 0.717) is 36.3 Å². The van der Waals surface area contributed by atoms with Gasteiger partial charge in [0.2, 0.25) is 5.75 Å². The number of aryl methyl sites for hydroxylation is 1. The van der Waals surface area contributed by atoms with Crippen LogP contribution in [0.25, 0.3) is 0 Å². The quantitative estimate of drug-likeness (QED) is 0.833. The number of methoxy groups -OCH3 is 1. The molecule has 144 valence electrons. The van der Waals surface area contributed by atoms with Gasteiger partial charge in [0.15, 0.2) is 5.82 Å². The lowest BCUT2D eigenvalue weighted by Crippen LogP contribution is -2.56. The van der Waals surface area contributed by atoms with Crippen LogP contribution >= 0.6 is 0 Å². The molecule has 0 saturated carbocycles. The van der Waals surface area contributed by atoms with Crippen LogP contribution in [0.1, 0.15) is 18.4 Å². The van der Waals surface area contributed by atoms with E-state index < -0.39 is 0 Å². The second kappa shape index (κ2) is 7.66. The van der Waals surface area contributed by atoms with Crippen molar-refractivity contribution in [3.8, 4) is 11.6 Å². The van der Waals surface area contributed by atoms with E-state index in [4.69, 9.17) is 14.2 Å². The van der Waals surface area contributed by atoms with Gasteiger partial charge in [-0.1, -0.05) is 6.07 Å². The van der Waals surface area contributed by atoms with E-state index in [1.807, 2.05) is 13.0 Å². The number of hydrogen-bond donors (Lipinski definition) is 2. The highest BCUT2D eigenvalue weighted by molar-refractivity contribution is 5.65. The first kappa shape index (κ1) is 17.9. The summed E-state index contributed by atoms with van der Waals surface area (Å²) in [6.07, 6.45) is 3.06. The number of rotatable bonds is 5. The molecule has 2 saturated heterocycles. The summed E-state index contributed by atoms with van der Waals surface area (Å²) in [6, 6.07) is 5.53. The number of ether oxygens (including phenoxy) is 3. The van der Waals surface area contributed by atoms with Crippen molar-refractivity contribution in [1.29, 1.82) is 0 Å². The summed E-state index contributed by atoms with van der Waals surface area (Å²) < 4.78 is 31.4. The molecule has 2 bridgehead atoms. The lowest BCUT2D eigenvalue weighted by atomic mass is 9.95. The fraction of sp³-hybridized carbons (Fsp3) is 0.474. The van der Waals surface area contributed by atoms with Crippen LogP contribution in [0.2, 0.25) is 0 Å². The minimum Gasteiger partial charge on any atom is -0.489 e.